The summed E-state index contributed by atoms with van der Waals surface area (Å²) in [6.45, 7) is 7.78. The fourth-order valence-electron chi connectivity index (χ4n) is 3.49. The Kier molecular flexibility index (Phi) is 5.15. The summed E-state index contributed by atoms with van der Waals surface area (Å²) in [6, 6.07) is 0.0398. The Hall–Kier alpha value is -1.34. The first-order valence-electron chi connectivity index (χ1n) is 8.36. The van der Waals surface area contributed by atoms with Gasteiger partial charge in [0.1, 0.15) is 0 Å². The Balaban J connectivity index is 1.46. The van der Waals surface area contributed by atoms with E-state index in [1.165, 1.54) is 0 Å². The van der Waals surface area contributed by atoms with Crippen molar-refractivity contribution in [3.05, 3.63) is 0 Å². The number of carbonyl (C=O) groups excluding carboxylic acids is 2. The average molecular weight is 310 g/mol. The third-order valence-corrected chi connectivity index (χ3v) is 4.81. The van der Waals surface area contributed by atoms with Crippen LogP contribution < -0.4 is 5.32 Å². The predicted molar refractivity (Wildman–Crippen MR) is 81.5 cm³/mol. The summed E-state index contributed by atoms with van der Waals surface area (Å²) in [4.78, 5) is 30.3. The van der Waals surface area contributed by atoms with E-state index in [9.17, 15) is 9.59 Å². The number of likely N-dealkylation sites (tertiary alicyclic amines) is 1. The average Bonchev–Trinajstić information content (AvgIpc) is 2.98. The number of nitrogens with zero attached hydrogens (tertiary/aromatic N) is 3. The first-order chi connectivity index (χ1) is 10.7. The number of morpholine rings is 1. The molecule has 0 saturated carbocycles. The second-order valence-corrected chi connectivity index (χ2v) is 6.30. The van der Waals surface area contributed by atoms with Gasteiger partial charge in [0.25, 0.3) is 0 Å². The highest BCUT2D eigenvalue weighted by atomic mass is 16.5. The smallest absolute Gasteiger partial charge is 0.317 e. The molecule has 1 atom stereocenters. The van der Waals surface area contributed by atoms with Gasteiger partial charge in [-0.2, -0.15) is 0 Å². The number of amides is 3. The first-order valence-corrected chi connectivity index (χ1v) is 8.36. The van der Waals surface area contributed by atoms with Crippen molar-refractivity contribution >= 4 is 11.9 Å². The molecule has 7 nitrogen and oxygen atoms in total. The first kappa shape index (κ1) is 15.6. The summed E-state index contributed by atoms with van der Waals surface area (Å²) in [5.74, 6) is 0.395. The molecule has 0 aromatic carbocycles. The van der Waals surface area contributed by atoms with Crippen LogP contribution in [0.2, 0.25) is 0 Å². The van der Waals surface area contributed by atoms with Crippen LogP contribution in [-0.2, 0) is 9.53 Å². The maximum absolute atomic E-state index is 12.6. The fourth-order valence-corrected chi connectivity index (χ4v) is 3.49. The van der Waals surface area contributed by atoms with Gasteiger partial charge in [0.2, 0.25) is 5.91 Å². The van der Waals surface area contributed by atoms with Crippen LogP contribution in [0.5, 0.6) is 0 Å². The van der Waals surface area contributed by atoms with Crippen molar-refractivity contribution in [1.82, 2.24) is 20.0 Å². The number of rotatable bonds is 4. The highest BCUT2D eigenvalue weighted by molar-refractivity contribution is 5.79. The molecule has 0 aromatic rings. The molecule has 3 amide bonds. The van der Waals surface area contributed by atoms with Crippen molar-refractivity contribution < 1.29 is 14.3 Å². The number of carbonyl (C=O) groups is 2. The van der Waals surface area contributed by atoms with Crippen LogP contribution in [0.1, 0.15) is 12.8 Å². The van der Waals surface area contributed by atoms with Crippen LogP contribution in [0.25, 0.3) is 0 Å². The Labute approximate surface area is 131 Å². The molecule has 0 spiro atoms. The number of piperidine rings is 1. The molecule has 3 aliphatic heterocycles. The van der Waals surface area contributed by atoms with Gasteiger partial charge in [0.15, 0.2) is 0 Å². The SMILES string of the molecule is O=C1NCCN1CCN1CCCC(C(=O)N2CCOCC2)C1. The normalized spacial score (nSPS) is 27.1. The van der Waals surface area contributed by atoms with Crippen molar-refractivity contribution in [3.63, 3.8) is 0 Å². The predicted octanol–water partition coefficient (Wildman–Crippen LogP) is -0.418. The van der Waals surface area contributed by atoms with Crippen LogP contribution in [-0.4, -0.2) is 92.2 Å². The summed E-state index contributed by atoms with van der Waals surface area (Å²) in [7, 11) is 0. The monoisotopic (exact) mass is 310 g/mol. The maximum atomic E-state index is 12.6. The lowest BCUT2D eigenvalue weighted by atomic mass is 9.96. The summed E-state index contributed by atoms with van der Waals surface area (Å²) >= 11 is 0. The quantitative estimate of drug-likeness (QED) is 0.766. The van der Waals surface area contributed by atoms with E-state index in [0.29, 0.717) is 13.2 Å². The summed E-state index contributed by atoms with van der Waals surface area (Å²) in [6.07, 6.45) is 2.05. The van der Waals surface area contributed by atoms with Gasteiger partial charge in [-0.1, -0.05) is 0 Å². The van der Waals surface area contributed by atoms with Gasteiger partial charge in [0, 0.05) is 45.8 Å². The summed E-state index contributed by atoms with van der Waals surface area (Å²) in [5.41, 5.74) is 0. The molecular formula is C15H26N4O3. The standard InChI is InChI=1S/C15H26N4O3/c20-14(18-8-10-22-11-9-18)13-2-1-4-17(12-13)6-7-19-5-3-16-15(19)21/h13H,1-12H2,(H,16,21). The fraction of sp³-hybridized carbons (Fsp3) is 0.867. The topological polar surface area (TPSA) is 65.1 Å². The number of hydrogen-bond acceptors (Lipinski definition) is 4. The van der Waals surface area contributed by atoms with E-state index < -0.39 is 0 Å². The summed E-state index contributed by atoms with van der Waals surface area (Å²) < 4.78 is 5.32. The number of nitrogens with one attached hydrogen (secondary N) is 1. The van der Waals surface area contributed by atoms with Gasteiger partial charge in [0.05, 0.1) is 19.1 Å². The van der Waals surface area contributed by atoms with Crippen molar-refractivity contribution in [2.45, 2.75) is 12.8 Å². The van der Waals surface area contributed by atoms with Gasteiger partial charge < -0.3 is 24.8 Å². The van der Waals surface area contributed by atoms with Gasteiger partial charge >= 0.3 is 6.03 Å². The molecule has 22 heavy (non-hydrogen) atoms. The molecule has 3 rings (SSSR count). The molecular weight excluding hydrogens is 284 g/mol. The largest absolute Gasteiger partial charge is 0.378 e. The molecule has 3 aliphatic rings. The molecule has 3 fully saturated rings. The van der Waals surface area contributed by atoms with E-state index in [1.807, 2.05) is 9.80 Å². The molecule has 7 heteroatoms. The van der Waals surface area contributed by atoms with Crippen LogP contribution in [0.4, 0.5) is 4.79 Å². The van der Waals surface area contributed by atoms with Crippen molar-refractivity contribution in [3.8, 4) is 0 Å². The van der Waals surface area contributed by atoms with Crippen molar-refractivity contribution in [2.24, 2.45) is 5.92 Å². The molecule has 0 radical (unpaired) electrons. The van der Waals surface area contributed by atoms with Gasteiger partial charge in [-0.05, 0) is 19.4 Å². The van der Waals surface area contributed by atoms with E-state index in [0.717, 1.165) is 65.2 Å². The molecule has 0 aliphatic carbocycles. The molecule has 124 valence electrons. The Morgan fingerprint density at radius 3 is 2.73 bits per heavy atom. The van der Waals surface area contributed by atoms with E-state index in [2.05, 4.69) is 10.2 Å². The minimum Gasteiger partial charge on any atom is -0.378 e. The second-order valence-electron chi connectivity index (χ2n) is 6.30. The lowest BCUT2D eigenvalue weighted by Gasteiger charge is -2.36. The molecule has 1 unspecified atom stereocenters. The van der Waals surface area contributed by atoms with Crippen LogP contribution in [0.15, 0.2) is 0 Å². The Morgan fingerprint density at radius 1 is 1.18 bits per heavy atom. The minimum atomic E-state index is 0.0398. The van der Waals surface area contributed by atoms with E-state index >= 15 is 0 Å². The minimum absolute atomic E-state index is 0.0398. The Bertz CT molecular complexity index is 412. The zero-order valence-corrected chi connectivity index (χ0v) is 13.1. The van der Waals surface area contributed by atoms with Crippen LogP contribution in [0, 0.1) is 5.92 Å². The molecule has 3 saturated heterocycles. The number of hydrogen-bond donors (Lipinski definition) is 1. The summed E-state index contributed by atoms with van der Waals surface area (Å²) in [5, 5.41) is 2.82. The maximum Gasteiger partial charge on any atom is 0.317 e. The van der Waals surface area contributed by atoms with Crippen molar-refractivity contribution in [1.29, 1.82) is 0 Å². The van der Waals surface area contributed by atoms with E-state index in [4.69, 9.17) is 4.74 Å². The third kappa shape index (κ3) is 3.70. The lowest BCUT2D eigenvalue weighted by Crippen LogP contribution is -2.49. The Morgan fingerprint density at radius 2 is 2.00 bits per heavy atom. The van der Waals surface area contributed by atoms with Gasteiger partial charge in [-0.3, -0.25) is 4.79 Å². The van der Waals surface area contributed by atoms with Gasteiger partial charge in [-0.25, -0.2) is 4.79 Å². The molecule has 0 aromatic heterocycles. The third-order valence-electron chi connectivity index (χ3n) is 4.81. The number of ether oxygens (including phenoxy) is 1. The van der Waals surface area contributed by atoms with E-state index in [1.54, 1.807) is 0 Å². The van der Waals surface area contributed by atoms with E-state index in [-0.39, 0.29) is 17.9 Å². The highest BCUT2D eigenvalue weighted by Gasteiger charge is 2.30. The lowest BCUT2D eigenvalue weighted by molar-refractivity contribution is -0.141. The molecule has 1 N–H and O–H groups in total. The van der Waals surface area contributed by atoms with Crippen LogP contribution in [0.3, 0.4) is 0 Å². The number of urea groups is 1. The van der Waals surface area contributed by atoms with Gasteiger partial charge in [-0.15, -0.1) is 0 Å². The van der Waals surface area contributed by atoms with Crippen LogP contribution >= 0.6 is 0 Å². The second kappa shape index (κ2) is 7.28. The zero-order chi connectivity index (χ0) is 15.4. The zero-order valence-electron chi connectivity index (χ0n) is 13.1. The van der Waals surface area contributed by atoms with Crippen molar-refractivity contribution in [2.75, 3.05) is 65.6 Å². The highest BCUT2D eigenvalue weighted by Crippen LogP contribution is 2.19. The molecule has 0 bridgehead atoms. The molecule has 3 heterocycles.